The van der Waals surface area contributed by atoms with Crippen molar-refractivity contribution in [2.24, 2.45) is 0 Å². The van der Waals surface area contributed by atoms with Gasteiger partial charge in [0.05, 0.1) is 13.2 Å². The van der Waals surface area contributed by atoms with Crippen molar-refractivity contribution in [3.8, 4) is 5.75 Å². The number of anilines is 1. The number of hydrogen-bond donors (Lipinski definition) is 1. The Bertz CT molecular complexity index is 740. The van der Waals surface area contributed by atoms with Gasteiger partial charge in [0.1, 0.15) is 5.75 Å². The first-order chi connectivity index (χ1) is 12.5. The minimum atomic E-state index is -0.133. The topological polar surface area (TPSA) is 47.6 Å². The van der Waals surface area contributed by atoms with Crippen LogP contribution in [0.5, 0.6) is 5.75 Å². The van der Waals surface area contributed by atoms with Crippen molar-refractivity contribution in [3.05, 3.63) is 58.7 Å². The number of carbonyl (C=O) groups excluding carboxylic acids is 1. The summed E-state index contributed by atoms with van der Waals surface area (Å²) in [5, 5.41) is 2.96. The third-order valence-corrected chi connectivity index (χ3v) is 4.29. The molecular weight excluding hydrogens is 326 g/mol. The van der Waals surface area contributed by atoms with Gasteiger partial charge in [-0.15, -0.1) is 0 Å². The summed E-state index contributed by atoms with van der Waals surface area (Å²) in [5.74, 6) is 0.637. The summed E-state index contributed by atoms with van der Waals surface area (Å²) in [7, 11) is 0. The van der Waals surface area contributed by atoms with Gasteiger partial charge in [-0.05, 0) is 68.7 Å². The minimum absolute atomic E-state index is 0.133. The van der Waals surface area contributed by atoms with Crippen LogP contribution in [0.25, 0.3) is 0 Å². The lowest BCUT2D eigenvalue weighted by molar-refractivity contribution is 0.102. The number of carbonyl (C=O) groups is 1. The molecule has 2 rings (SSSR count). The van der Waals surface area contributed by atoms with Crippen LogP contribution in [0, 0.1) is 13.8 Å². The van der Waals surface area contributed by atoms with Crippen LogP contribution < -0.4 is 10.1 Å². The minimum Gasteiger partial charge on any atom is -0.494 e. The van der Waals surface area contributed by atoms with Crippen LogP contribution in [0.2, 0.25) is 0 Å². The lowest BCUT2D eigenvalue weighted by atomic mass is 10.1. The summed E-state index contributed by atoms with van der Waals surface area (Å²) in [6, 6.07) is 11.4. The van der Waals surface area contributed by atoms with Gasteiger partial charge in [0, 0.05) is 23.4 Å². The maximum absolute atomic E-state index is 12.6. The molecule has 0 aromatic heterocycles. The van der Waals surface area contributed by atoms with Crippen molar-refractivity contribution in [3.63, 3.8) is 0 Å². The molecule has 2 aromatic rings. The highest BCUT2D eigenvalue weighted by atomic mass is 16.5. The first kappa shape index (κ1) is 20.0. The lowest BCUT2D eigenvalue weighted by Crippen LogP contribution is -2.13. The van der Waals surface area contributed by atoms with Crippen LogP contribution >= 0.6 is 0 Å². The molecule has 1 amide bonds. The Labute approximate surface area is 156 Å². The Morgan fingerprint density at radius 1 is 1.04 bits per heavy atom. The van der Waals surface area contributed by atoms with Gasteiger partial charge < -0.3 is 14.8 Å². The molecule has 0 unspecified atom stereocenters. The average Bonchev–Trinajstić information content (AvgIpc) is 2.63. The third kappa shape index (κ3) is 5.60. The predicted molar refractivity (Wildman–Crippen MR) is 106 cm³/mol. The van der Waals surface area contributed by atoms with Gasteiger partial charge >= 0.3 is 0 Å². The molecule has 140 valence electrons. The zero-order valence-corrected chi connectivity index (χ0v) is 16.2. The summed E-state index contributed by atoms with van der Waals surface area (Å²) < 4.78 is 11.4. The number of aryl methyl sites for hydroxylation is 2. The third-order valence-electron chi connectivity index (χ3n) is 4.29. The van der Waals surface area contributed by atoms with E-state index in [0.717, 1.165) is 35.4 Å². The summed E-state index contributed by atoms with van der Waals surface area (Å²) in [6.45, 7) is 9.90. The summed E-state index contributed by atoms with van der Waals surface area (Å²) in [6.07, 6.45) is 2.12. The molecular formula is C22H29NO3. The first-order valence-corrected chi connectivity index (χ1v) is 9.27. The summed E-state index contributed by atoms with van der Waals surface area (Å²) in [4.78, 5) is 12.6. The van der Waals surface area contributed by atoms with Gasteiger partial charge in [-0.1, -0.05) is 19.4 Å². The Morgan fingerprint density at radius 2 is 1.85 bits per heavy atom. The molecule has 26 heavy (non-hydrogen) atoms. The zero-order valence-electron chi connectivity index (χ0n) is 16.2. The molecule has 0 aliphatic heterocycles. The fourth-order valence-corrected chi connectivity index (χ4v) is 2.58. The van der Waals surface area contributed by atoms with Crippen LogP contribution in [0.4, 0.5) is 5.69 Å². The standard InChI is InChI=1S/C22H29NO3/c1-5-7-12-25-15-19-14-18(9-11-21(19)26-6-2)22(24)23-20-10-8-16(3)17(4)13-20/h8-11,13-14H,5-7,12,15H2,1-4H3,(H,23,24). The van der Waals surface area contributed by atoms with Crippen molar-refractivity contribution in [1.29, 1.82) is 0 Å². The molecule has 0 aliphatic carbocycles. The number of nitrogens with one attached hydrogen (secondary N) is 1. The normalized spacial score (nSPS) is 10.6. The molecule has 2 aromatic carbocycles. The molecule has 0 bridgehead atoms. The fraction of sp³-hybridized carbons (Fsp3) is 0.409. The van der Waals surface area contributed by atoms with E-state index in [0.29, 0.717) is 25.4 Å². The monoisotopic (exact) mass is 355 g/mol. The van der Waals surface area contributed by atoms with Gasteiger partial charge in [-0.3, -0.25) is 4.79 Å². The highest BCUT2D eigenvalue weighted by Crippen LogP contribution is 2.23. The predicted octanol–water partition coefficient (Wildman–Crippen LogP) is 5.27. The van der Waals surface area contributed by atoms with E-state index in [-0.39, 0.29) is 5.91 Å². The molecule has 0 aliphatic rings. The molecule has 0 spiro atoms. The number of benzene rings is 2. The van der Waals surface area contributed by atoms with Gasteiger partial charge in [0.2, 0.25) is 0 Å². The number of rotatable bonds is 9. The zero-order chi connectivity index (χ0) is 18.9. The highest BCUT2D eigenvalue weighted by molar-refractivity contribution is 6.04. The maximum Gasteiger partial charge on any atom is 0.255 e. The van der Waals surface area contributed by atoms with E-state index < -0.39 is 0 Å². The van der Waals surface area contributed by atoms with Crippen LogP contribution in [-0.2, 0) is 11.3 Å². The van der Waals surface area contributed by atoms with E-state index in [1.807, 2.05) is 44.2 Å². The van der Waals surface area contributed by atoms with Gasteiger partial charge in [-0.25, -0.2) is 0 Å². The number of ether oxygens (including phenoxy) is 2. The van der Waals surface area contributed by atoms with Crippen molar-refractivity contribution >= 4 is 11.6 Å². The largest absolute Gasteiger partial charge is 0.494 e. The van der Waals surface area contributed by atoms with E-state index in [2.05, 4.69) is 19.2 Å². The summed E-state index contributed by atoms with van der Waals surface area (Å²) in [5.41, 5.74) is 4.65. The van der Waals surface area contributed by atoms with Crippen molar-refractivity contribution in [1.82, 2.24) is 0 Å². The van der Waals surface area contributed by atoms with E-state index in [4.69, 9.17) is 9.47 Å². The fourth-order valence-electron chi connectivity index (χ4n) is 2.58. The molecule has 0 fully saturated rings. The lowest BCUT2D eigenvalue weighted by Gasteiger charge is -2.13. The molecule has 0 saturated heterocycles. The second-order valence-corrected chi connectivity index (χ2v) is 6.41. The molecule has 1 N–H and O–H groups in total. The van der Waals surface area contributed by atoms with Crippen molar-refractivity contribution in [2.75, 3.05) is 18.5 Å². The van der Waals surface area contributed by atoms with Crippen LogP contribution in [0.3, 0.4) is 0 Å². The van der Waals surface area contributed by atoms with E-state index in [1.165, 1.54) is 5.56 Å². The molecule has 0 radical (unpaired) electrons. The van der Waals surface area contributed by atoms with E-state index in [1.54, 1.807) is 6.07 Å². The van der Waals surface area contributed by atoms with E-state index in [9.17, 15) is 4.79 Å². The Kier molecular flexibility index (Phi) is 7.67. The van der Waals surface area contributed by atoms with Gasteiger partial charge in [-0.2, -0.15) is 0 Å². The van der Waals surface area contributed by atoms with E-state index >= 15 is 0 Å². The van der Waals surface area contributed by atoms with Crippen LogP contribution in [0.1, 0.15) is 53.7 Å². The van der Waals surface area contributed by atoms with Gasteiger partial charge in [0.15, 0.2) is 0 Å². The first-order valence-electron chi connectivity index (χ1n) is 9.27. The second kappa shape index (κ2) is 9.97. The Morgan fingerprint density at radius 3 is 2.54 bits per heavy atom. The molecule has 0 heterocycles. The molecule has 4 heteroatoms. The number of unbranched alkanes of at least 4 members (excludes halogenated alkanes) is 1. The summed E-state index contributed by atoms with van der Waals surface area (Å²) >= 11 is 0. The SMILES string of the molecule is CCCCOCc1cc(C(=O)Nc2ccc(C)c(C)c2)ccc1OCC. The quantitative estimate of drug-likeness (QED) is 0.623. The Hall–Kier alpha value is -2.33. The maximum atomic E-state index is 12.6. The highest BCUT2D eigenvalue weighted by Gasteiger charge is 2.11. The second-order valence-electron chi connectivity index (χ2n) is 6.41. The van der Waals surface area contributed by atoms with Crippen LogP contribution in [0.15, 0.2) is 36.4 Å². The molecule has 4 nitrogen and oxygen atoms in total. The number of hydrogen-bond acceptors (Lipinski definition) is 3. The number of amides is 1. The molecule has 0 atom stereocenters. The Balaban J connectivity index is 2.13. The smallest absolute Gasteiger partial charge is 0.255 e. The molecule has 0 saturated carbocycles. The average molecular weight is 355 g/mol. The van der Waals surface area contributed by atoms with Gasteiger partial charge in [0.25, 0.3) is 5.91 Å². The van der Waals surface area contributed by atoms with Crippen LogP contribution in [-0.4, -0.2) is 19.1 Å². The van der Waals surface area contributed by atoms with Crippen molar-refractivity contribution < 1.29 is 14.3 Å². The van der Waals surface area contributed by atoms with Crippen molar-refractivity contribution in [2.45, 2.75) is 47.1 Å².